The molecule has 1 saturated heterocycles. The van der Waals surface area contributed by atoms with Crippen molar-refractivity contribution < 1.29 is 10.2 Å². The summed E-state index contributed by atoms with van der Waals surface area (Å²) in [6.45, 7) is 2.70. The first-order valence-corrected chi connectivity index (χ1v) is 4.56. The molecule has 1 fully saturated rings. The third-order valence-corrected chi connectivity index (χ3v) is 2.31. The lowest BCUT2D eigenvalue weighted by molar-refractivity contribution is 0.0572. The van der Waals surface area contributed by atoms with Gasteiger partial charge in [0.1, 0.15) is 0 Å². The van der Waals surface area contributed by atoms with Gasteiger partial charge in [0.2, 0.25) is 5.95 Å². The average Bonchev–Trinajstić information content (AvgIpc) is 2.48. The van der Waals surface area contributed by atoms with Crippen LogP contribution in [0.2, 0.25) is 0 Å². The van der Waals surface area contributed by atoms with Crippen molar-refractivity contribution in [3.63, 3.8) is 0 Å². The predicted molar refractivity (Wildman–Crippen MR) is 51.0 cm³/mol. The standard InChI is InChI=1S/C9H13N3O2/c1-6-2-10-9(11-3-6)12-4-7(13)8(14)5-12/h2-3,7-8,13-14H,4-5H2,1H3. The average molecular weight is 195 g/mol. The number of nitrogens with zero attached hydrogens (tertiary/aromatic N) is 3. The molecule has 2 atom stereocenters. The lowest BCUT2D eigenvalue weighted by atomic mass is 10.3. The van der Waals surface area contributed by atoms with E-state index in [1.165, 1.54) is 0 Å². The molecule has 0 spiro atoms. The second-order valence-electron chi connectivity index (χ2n) is 3.60. The molecule has 0 aromatic carbocycles. The minimum absolute atomic E-state index is 0.393. The molecule has 0 aliphatic carbocycles. The van der Waals surface area contributed by atoms with Crippen molar-refractivity contribution in [2.45, 2.75) is 19.1 Å². The summed E-state index contributed by atoms with van der Waals surface area (Å²) in [5, 5.41) is 18.7. The van der Waals surface area contributed by atoms with Crippen molar-refractivity contribution in [3.05, 3.63) is 18.0 Å². The lowest BCUT2D eigenvalue weighted by Gasteiger charge is -2.14. The Labute approximate surface area is 82.0 Å². The molecule has 1 aliphatic heterocycles. The van der Waals surface area contributed by atoms with E-state index in [1.54, 1.807) is 17.3 Å². The summed E-state index contributed by atoms with van der Waals surface area (Å²) in [5.74, 6) is 0.561. The summed E-state index contributed by atoms with van der Waals surface area (Å²) in [5.41, 5.74) is 0.994. The Morgan fingerprint density at radius 2 is 1.71 bits per heavy atom. The van der Waals surface area contributed by atoms with E-state index >= 15 is 0 Å². The second kappa shape index (κ2) is 3.51. The second-order valence-corrected chi connectivity index (χ2v) is 3.60. The van der Waals surface area contributed by atoms with E-state index in [9.17, 15) is 10.2 Å². The van der Waals surface area contributed by atoms with Gasteiger partial charge >= 0.3 is 0 Å². The summed E-state index contributed by atoms with van der Waals surface area (Å²) in [6, 6.07) is 0. The van der Waals surface area contributed by atoms with Crippen LogP contribution in [0.3, 0.4) is 0 Å². The van der Waals surface area contributed by atoms with E-state index in [1.807, 2.05) is 6.92 Å². The highest BCUT2D eigenvalue weighted by Crippen LogP contribution is 2.15. The van der Waals surface area contributed by atoms with Crippen molar-refractivity contribution in [1.82, 2.24) is 9.97 Å². The van der Waals surface area contributed by atoms with E-state index in [0.717, 1.165) is 5.56 Å². The van der Waals surface area contributed by atoms with Crippen molar-refractivity contribution in [2.75, 3.05) is 18.0 Å². The van der Waals surface area contributed by atoms with Crippen molar-refractivity contribution in [1.29, 1.82) is 0 Å². The third kappa shape index (κ3) is 1.69. The van der Waals surface area contributed by atoms with Crippen molar-refractivity contribution >= 4 is 5.95 Å². The molecule has 2 unspecified atom stereocenters. The van der Waals surface area contributed by atoms with Crippen LogP contribution in [0.5, 0.6) is 0 Å². The van der Waals surface area contributed by atoms with E-state index in [0.29, 0.717) is 19.0 Å². The zero-order chi connectivity index (χ0) is 10.1. The van der Waals surface area contributed by atoms with Gasteiger partial charge in [-0.05, 0) is 12.5 Å². The maximum Gasteiger partial charge on any atom is 0.225 e. The summed E-state index contributed by atoms with van der Waals surface area (Å²) in [7, 11) is 0. The van der Waals surface area contributed by atoms with Crippen LogP contribution in [0.1, 0.15) is 5.56 Å². The molecule has 2 N–H and O–H groups in total. The molecular weight excluding hydrogens is 182 g/mol. The Balaban J connectivity index is 2.13. The molecular formula is C9H13N3O2. The number of aromatic nitrogens is 2. The van der Waals surface area contributed by atoms with Crippen LogP contribution in [0.25, 0.3) is 0 Å². The molecule has 0 bridgehead atoms. The Kier molecular flexibility index (Phi) is 2.35. The number of hydrogen-bond acceptors (Lipinski definition) is 5. The van der Waals surface area contributed by atoms with Crippen molar-refractivity contribution in [3.8, 4) is 0 Å². The summed E-state index contributed by atoms with van der Waals surface area (Å²) < 4.78 is 0. The molecule has 14 heavy (non-hydrogen) atoms. The third-order valence-electron chi connectivity index (χ3n) is 2.31. The number of aryl methyl sites for hydroxylation is 1. The zero-order valence-corrected chi connectivity index (χ0v) is 7.96. The smallest absolute Gasteiger partial charge is 0.225 e. The highest BCUT2D eigenvalue weighted by Gasteiger charge is 2.30. The van der Waals surface area contributed by atoms with Gasteiger partial charge in [-0.3, -0.25) is 0 Å². The molecule has 1 aliphatic rings. The molecule has 0 radical (unpaired) electrons. The minimum Gasteiger partial charge on any atom is -0.388 e. The molecule has 0 saturated carbocycles. The van der Waals surface area contributed by atoms with E-state index in [4.69, 9.17) is 0 Å². The van der Waals surface area contributed by atoms with Crippen LogP contribution in [-0.4, -0.2) is 45.5 Å². The minimum atomic E-state index is -0.695. The van der Waals surface area contributed by atoms with Crippen LogP contribution in [0, 0.1) is 6.92 Å². The molecule has 2 heterocycles. The van der Waals surface area contributed by atoms with E-state index in [2.05, 4.69) is 9.97 Å². The molecule has 1 aromatic heterocycles. The fourth-order valence-corrected chi connectivity index (χ4v) is 1.48. The van der Waals surface area contributed by atoms with Gasteiger partial charge in [0.15, 0.2) is 0 Å². The van der Waals surface area contributed by atoms with Crippen molar-refractivity contribution in [2.24, 2.45) is 0 Å². The number of aliphatic hydroxyl groups excluding tert-OH is 2. The molecule has 5 heteroatoms. The Bertz CT molecular complexity index is 304. The van der Waals surface area contributed by atoms with Crippen LogP contribution in [0.4, 0.5) is 5.95 Å². The predicted octanol–water partition coefficient (Wildman–Crippen LogP) is -0.673. The SMILES string of the molecule is Cc1cnc(N2CC(O)C(O)C2)nc1. The van der Waals surface area contributed by atoms with Gasteiger partial charge in [-0.15, -0.1) is 0 Å². The van der Waals surface area contributed by atoms with E-state index in [-0.39, 0.29) is 0 Å². The van der Waals surface area contributed by atoms with Crippen LogP contribution in [0.15, 0.2) is 12.4 Å². The number of rotatable bonds is 1. The van der Waals surface area contributed by atoms with Gasteiger partial charge in [0, 0.05) is 25.5 Å². The van der Waals surface area contributed by atoms with Gasteiger partial charge in [0.05, 0.1) is 12.2 Å². The quantitative estimate of drug-likeness (QED) is 0.621. The fourth-order valence-electron chi connectivity index (χ4n) is 1.48. The van der Waals surface area contributed by atoms with Crippen LogP contribution >= 0.6 is 0 Å². The monoisotopic (exact) mass is 195 g/mol. The number of anilines is 1. The Morgan fingerprint density at radius 3 is 2.21 bits per heavy atom. The van der Waals surface area contributed by atoms with Crippen LogP contribution < -0.4 is 4.90 Å². The highest BCUT2D eigenvalue weighted by atomic mass is 16.3. The van der Waals surface area contributed by atoms with E-state index < -0.39 is 12.2 Å². The summed E-state index contributed by atoms with van der Waals surface area (Å²) in [4.78, 5) is 10.0. The van der Waals surface area contributed by atoms with Gasteiger partial charge in [-0.1, -0.05) is 0 Å². The molecule has 1 aromatic rings. The lowest BCUT2D eigenvalue weighted by Crippen LogP contribution is -2.23. The van der Waals surface area contributed by atoms with Gasteiger partial charge in [-0.25, -0.2) is 9.97 Å². The zero-order valence-electron chi connectivity index (χ0n) is 7.96. The summed E-state index contributed by atoms with van der Waals surface area (Å²) in [6.07, 6.45) is 2.05. The first-order valence-electron chi connectivity index (χ1n) is 4.56. The largest absolute Gasteiger partial charge is 0.388 e. The number of aliphatic hydroxyl groups is 2. The van der Waals surface area contributed by atoms with Crippen LogP contribution in [-0.2, 0) is 0 Å². The van der Waals surface area contributed by atoms with Gasteiger partial charge in [-0.2, -0.15) is 0 Å². The van der Waals surface area contributed by atoms with Gasteiger partial charge < -0.3 is 15.1 Å². The molecule has 0 amide bonds. The Morgan fingerprint density at radius 1 is 1.21 bits per heavy atom. The topological polar surface area (TPSA) is 69.5 Å². The molecule has 2 rings (SSSR count). The number of hydrogen-bond donors (Lipinski definition) is 2. The Hall–Kier alpha value is -1.20. The molecule has 76 valence electrons. The maximum absolute atomic E-state index is 9.34. The first-order chi connectivity index (χ1) is 6.66. The highest BCUT2D eigenvalue weighted by molar-refractivity contribution is 5.32. The molecule has 5 nitrogen and oxygen atoms in total. The fraction of sp³-hybridized carbons (Fsp3) is 0.556. The maximum atomic E-state index is 9.34. The number of β-amino-alcohol motifs (C(OH)–C–C–N with tert-alkyl or cyclic N) is 2. The summed E-state index contributed by atoms with van der Waals surface area (Å²) >= 11 is 0. The van der Waals surface area contributed by atoms with Gasteiger partial charge in [0.25, 0.3) is 0 Å². The first kappa shape index (κ1) is 9.36. The normalized spacial score (nSPS) is 26.9.